The number of aromatic nitrogens is 2. The first-order valence-electron chi connectivity index (χ1n) is 10.4. The van der Waals surface area contributed by atoms with Crippen molar-refractivity contribution in [3.8, 4) is 0 Å². The normalized spacial score (nSPS) is 11.5. The number of imidazole rings is 1. The highest BCUT2D eigenvalue weighted by atomic mass is 32.2. The number of sulfonamides is 1. The number of hydrogen-bond acceptors (Lipinski definition) is 5. The first-order valence-corrected chi connectivity index (χ1v) is 11.8. The first-order chi connectivity index (χ1) is 15.3. The summed E-state index contributed by atoms with van der Waals surface area (Å²) in [6.07, 6.45) is 6.03. The molecule has 3 rings (SSSR count). The van der Waals surface area contributed by atoms with Gasteiger partial charge in [0, 0.05) is 57.4 Å². The van der Waals surface area contributed by atoms with Crippen molar-refractivity contribution in [3.63, 3.8) is 0 Å². The predicted molar refractivity (Wildman–Crippen MR) is 125 cm³/mol. The molecule has 9 heteroatoms. The SMILES string of the molecule is Cc1ccccc1CNc1cc(C(=O)NCCCn2ccnc2)cc(S(=O)(=O)N(C)C)c1. The molecule has 2 aromatic carbocycles. The molecule has 0 saturated carbocycles. The molecule has 8 nitrogen and oxygen atoms in total. The fourth-order valence-electron chi connectivity index (χ4n) is 3.18. The van der Waals surface area contributed by atoms with E-state index in [1.807, 2.05) is 42.0 Å². The molecule has 1 aromatic heterocycles. The van der Waals surface area contributed by atoms with Crippen molar-refractivity contribution in [2.75, 3.05) is 26.0 Å². The van der Waals surface area contributed by atoms with Crippen LogP contribution in [-0.2, 0) is 23.1 Å². The Morgan fingerprint density at radius 1 is 1.16 bits per heavy atom. The summed E-state index contributed by atoms with van der Waals surface area (Å²) in [5.41, 5.74) is 3.09. The van der Waals surface area contributed by atoms with Crippen LogP contribution in [-0.4, -0.2) is 48.8 Å². The minimum Gasteiger partial charge on any atom is -0.381 e. The van der Waals surface area contributed by atoms with E-state index in [-0.39, 0.29) is 10.8 Å². The van der Waals surface area contributed by atoms with Crippen molar-refractivity contribution < 1.29 is 13.2 Å². The predicted octanol–water partition coefficient (Wildman–Crippen LogP) is 2.87. The Bertz CT molecular complexity index is 1160. The maximum atomic E-state index is 12.8. The van der Waals surface area contributed by atoms with Crippen LogP contribution in [0.1, 0.15) is 27.9 Å². The lowest BCUT2D eigenvalue weighted by Crippen LogP contribution is -2.26. The fourth-order valence-corrected chi connectivity index (χ4v) is 4.16. The Labute approximate surface area is 189 Å². The highest BCUT2D eigenvalue weighted by molar-refractivity contribution is 7.89. The Kier molecular flexibility index (Phi) is 7.66. The molecule has 0 aliphatic carbocycles. The van der Waals surface area contributed by atoms with E-state index in [0.717, 1.165) is 28.4 Å². The number of anilines is 1. The minimum absolute atomic E-state index is 0.0702. The Balaban J connectivity index is 1.76. The Morgan fingerprint density at radius 2 is 1.94 bits per heavy atom. The zero-order valence-electron chi connectivity index (χ0n) is 18.6. The highest BCUT2D eigenvalue weighted by Crippen LogP contribution is 2.22. The number of rotatable bonds is 10. The molecule has 0 saturated heterocycles. The van der Waals surface area contributed by atoms with E-state index < -0.39 is 10.0 Å². The number of benzene rings is 2. The molecule has 0 spiro atoms. The Morgan fingerprint density at radius 3 is 2.62 bits per heavy atom. The van der Waals surface area contributed by atoms with Gasteiger partial charge in [0.1, 0.15) is 0 Å². The second-order valence-corrected chi connectivity index (χ2v) is 9.88. The van der Waals surface area contributed by atoms with E-state index in [2.05, 4.69) is 15.6 Å². The van der Waals surface area contributed by atoms with Crippen LogP contribution in [0.4, 0.5) is 5.69 Å². The quantitative estimate of drug-likeness (QED) is 0.458. The maximum absolute atomic E-state index is 12.8. The topological polar surface area (TPSA) is 96.3 Å². The van der Waals surface area contributed by atoms with E-state index in [4.69, 9.17) is 0 Å². The molecular weight excluding hydrogens is 426 g/mol. The molecule has 32 heavy (non-hydrogen) atoms. The van der Waals surface area contributed by atoms with Crippen LogP contribution in [0.3, 0.4) is 0 Å². The monoisotopic (exact) mass is 455 g/mol. The van der Waals surface area contributed by atoms with Gasteiger partial charge < -0.3 is 15.2 Å². The molecule has 170 valence electrons. The number of amides is 1. The Hall–Kier alpha value is -3.17. The second-order valence-electron chi connectivity index (χ2n) is 7.72. The van der Waals surface area contributed by atoms with Crippen LogP contribution < -0.4 is 10.6 Å². The van der Waals surface area contributed by atoms with E-state index in [1.165, 1.54) is 20.2 Å². The molecule has 0 unspecified atom stereocenters. The summed E-state index contributed by atoms with van der Waals surface area (Å²) in [5.74, 6) is -0.314. The number of nitrogens with zero attached hydrogens (tertiary/aromatic N) is 3. The van der Waals surface area contributed by atoms with Gasteiger partial charge in [-0.15, -0.1) is 0 Å². The summed E-state index contributed by atoms with van der Waals surface area (Å²) in [6, 6.07) is 12.6. The highest BCUT2D eigenvalue weighted by Gasteiger charge is 2.20. The van der Waals surface area contributed by atoms with Crippen molar-refractivity contribution in [2.24, 2.45) is 0 Å². The van der Waals surface area contributed by atoms with Gasteiger partial charge in [-0.2, -0.15) is 0 Å². The first kappa shape index (κ1) is 23.5. The molecule has 0 radical (unpaired) electrons. The van der Waals surface area contributed by atoms with E-state index in [0.29, 0.717) is 24.3 Å². The number of carbonyl (C=O) groups is 1. The molecule has 0 atom stereocenters. The summed E-state index contributed by atoms with van der Waals surface area (Å²) < 4.78 is 28.5. The molecule has 0 bridgehead atoms. The lowest BCUT2D eigenvalue weighted by Gasteiger charge is -2.16. The van der Waals surface area contributed by atoms with Gasteiger partial charge in [-0.1, -0.05) is 24.3 Å². The fraction of sp³-hybridized carbons (Fsp3) is 0.304. The molecule has 2 N–H and O–H groups in total. The van der Waals surface area contributed by atoms with Crippen LogP contribution in [0.15, 0.2) is 66.1 Å². The van der Waals surface area contributed by atoms with Crippen LogP contribution in [0, 0.1) is 6.92 Å². The maximum Gasteiger partial charge on any atom is 0.251 e. The van der Waals surface area contributed by atoms with Crippen LogP contribution >= 0.6 is 0 Å². The van der Waals surface area contributed by atoms with Gasteiger partial charge in [0.05, 0.1) is 11.2 Å². The zero-order valence-corrected chi connectivity index (χ0v) is 19.4. The summed E-state index contributed by atoms with van der Waals surface area (Å²) in [6.45, 7) is 3.74. The molecule has 0 fully saturated rings. The van der Waals surface area contributed by atoms with E-state index in [9.17, 15) is 13.2 Å². The minimum atomic E-state index is -3.70. The number of carbonyl (C=O) groups excluding carboxylic acids is 1. The number of aryl methyl sites for hydroxylation is 2. The van der Waals surface area contributed by atoms with Gasteiger partial charge in [-0.05, 0) is 42.7 Å². The van der Waals surface area contributed by atoms with Crippen molar-refractivity contribution in [1.82, 2.24) is 19.2 Å². The van der Waals surface area contributed by atoms with E-state index in [1.54, 1.807) is 24.7 Å². The van der Waals surface area contributed by atoms with Crippen molar-refractivity contribution >= 4 is 21.6 Å². The summed E-state index contributed by atoms with van der Waals surface area (Å²) in [5, 5.41) is 6.13. The van der Waals surface area contributed by atoms with Gasteiger partial charge in [-0.25, -0.2) is 17.7 Å². The molecular formula is C23H29N5O3S. The van der Waals surface area contributed by atoms with Crippen LogP contribution in [0.2, 0.25) is 0 Å². The third-order valence-electron chi connectivity index (χ3n) is 5.13. The smallest absolute Gasteiger partial charge is 0.251 e. The van der Waals surface area contributed by atoms with Gasteiger partial charge in [0.25, 0.3) is 5.91 Å². The summed E-state index contributed by atoms with van der Waals surface area (Å²) in [4.78, 5) is 16.8. The second kappa shape index (κ2) is 10.4. The van der Waals surface area contributed by atoms with Crippen molar-refractivity contribution in [3.05, 3.63) is 77.9 Å². The number of hydrogen-bond donors (Lipinski definition) is 2. The summed E-state index contributed by atoms with van der Waals surface area (Å²) >= 11 is 0. The van der Waals surface area contributed by atoms with Crippen LogP contribution in [0.5, 0.6) is 0 Å². The average Bonchev–Trinajstić information content (AvgIpc) is 3.29. The molecule has 3 aromatic rings. The van der Waals surface area contributed by atoms with Gasteiger partial charge in [0.15, 0.2) is 0 Å². The third-order valence-corrected chi connectivity index (χ3v) is 6.92. The van der Waals surface area contributed by atoms with Gasteiger partial charge in [0.2, 0.25) is 10.0 Å². The third kappa shape index (κ3) is 5.95. The van der Waals surface area contributed by atoms with E-state index >= 15 is 0 Å². The standard InChI is InChI=1S/C23H29N5O3S/c1-18-7-4-5-8-19(18)16-26-21-13-20(14-22(15-21)32(30,31)27(2)3)23(29)25-9-6-11-28-12-10-24-17-28/h4-5,7-8,10,12-15,17,26H,6,9,11,16H2,1-3H3,(H,25,29). The van der Waals surface area contributed by atoms with Gasteiger partial charge >= 0.3 is 0 Å². The largest absolute Gasteiger partial charge is 0.381 e. The van der Waals surface area contributed by atoms with Gasteiger partial charge in [-0.3, -0.25) is 4.79 Å². The number of nitrogens with one attached hydrogen (secondary N) is 2. The summed E-state index contributed by atoms with van der Waals surface area (Å²) in [7, 11) is -0.757. The molecule has 1 amide bonds. The zero-order chi connectivity index (χ0) is 23.1. The molecule has 1 heterocycles. The lowest BCUT2D eigenvalue weighted by atomic mass is 10.1. The molecule has 0 aliphatic rings. The molecule has 0 aliphatic heterocycles. The lowest BCUT2D eigenvalue weighted by molar-refractivity contribution is 0.0952. The van der Waals surface area contributed by atoms with Crippen molar-refractivity contribution in [2.45, 2.75) is 31.3 Å². The van der Waals surface area contributed by atoms with Crippen molar-refractivity contribution in [1.29, 1.82) is 0 Å². The van der Waals surface area contributed by atoms with Crippen LogP contribution in [0.25, 0.3) is 0 Å². The average molecular weight is 456 g/mol.